The second-order valence-electron chi connectivity index (χ2n) is 3.64. The molecule has 0 radical (unpaired) electrons. The minimum Gasteiger partial charge on any atom is -0.507 e. The Morgan fingerprint density at radius 1 is 1.22 bits per heavy atom. The molecule has 0 atom stereocenters. The van der Waals surface area contributed by atoms with Crippen molar-refractivity contribution in [3.8, 4) is 11.5 Å². The highest BCUT2D eigenvalue weighted by Gasteiger charge is 2.02. The molecular formula is C14H12FNO2. The summed E-state index contributed by atoms with van der Waals surface area (Å²) < 4.78 is 18.2. The maximum Gasteiger partial charge on any atom is 0.167 e. The van der Waals surface area contributed by atoms with Crippen LogP contribution >= 0.6 is 0 Å². The second kappa shape index (κ2) is 5.31. The molecule has 0 aliphatic heterocycles. The number of rotatable bonds is 3. The number of nitrogens with zero attached hydrogens (tertiary/aromatic N) is 1. The Balaban J connectivity index is 2.24. The van der Waals surface area contributed by atoms with Gasteiger partial charge in [-0.3, -0.25) is 4.99 Å². The number of hydrogen-bond donors (Lipinski definition) is 1. The Kier molecular flexibility index (Phi) is 3.57. The van der Waals surface area contributed by atoms with Gasteiger partial charge in [0.15, 0.2) is 11.6 Å². The molecule has 2 aromatic rings. The van der Waals surface area contributed by atoms with Gasteiger partial charge >= 0.3 is 0 Å². The van der Waals surface area contributed by atoms with Crippen molar-refractivity contribution >= 4 is 11.9 Å². The van der Waals surface area contributed by atoms with Crippen LogP contribution in [-0.2, 0) is 0 Å². The summed E-state index contributed by atoms with van der Waals surface area (Å²) in [5.41, 5.74) is 1.03. The average molecular weight is 245 g/mol. The molecule has 0 aliphatic carbocycles. The molecule has 0 saturated heterocycles. The van der Waals surface area contributed by atoms with E-state index in [0.717, 1.165) is 0 Å². The van der Waals surface area contributed by atoms with E-state index in [4.69, 9.17) is 4.74 Å². The molecule has 0 bridgehead atoms. The van der Waals surface area contributed by atoms with E-state index >= 15 is 0 Å². The number of hydrogen-bond acceptors (Lipinski definition) is 3. The number of phenolic OH excluding ortho intramolecular Hbond substituents is 1. The van der Waals surface area contributed by atoms with Gasteiger partial charge in [-0.15, -0.1) is 0 Å². The van der Waals surface area contributed by atoms with E-state index in [1.54, 1.807) is 30.3 Å². The molecule has 2 aromatic carbocycles. The SMILES string of the molecule is COc1ccc(N=Cc2ccccc2O)cc1F. The summed E-state index contributed by atoms with van der Waals surface area (Å²) >= 11 is 0. The number of ether oxygens (including phenoxy) is 1. The topological polar surface area (TPSA) is 41.8 Å². The van der Waals surface area contributed by atoms with Crippen LogP contribution in [0.3, 0.4) is 0 Å². The zero-order valence-corrected chi connectivity index (χ0v) is 9.80. The van der Waals surface area contributed by atoms with Crippen molar-refractivity contribution in [1.82, 2.24) is 0 Å². The molecule has 0 amide bonds. The first-order chi connectivity index (χ1) is 8.70. The molecule has 0 saturated carbocycles. The fourth-order valence-corrected chi connectivity index (χ4v) is 1.48. The molecule has 0 aromatic heterocycles. The first-order valence-electron chi connectivity index (χ1n) is 5.36. The highest BCUT2D eigenvalue weighted by atomic mass is 19.1. The van der Waals surface area contributed by atoms with Gasteiger partial charge in [0.1, 0.15) is 5.75 Å². The number of halogens is 1. The molecule has 2 rings (SSSR count). The predicted octanol–water partition coefficient (Wildman–Crippen LogP) is 3.29. The van der Waals surface area contributed by atoms with Gasteiger partial charge in [0.25, 0.3) is 0 Å². The van der Waals surface area contributed by atoms with Crippen LogP contribution in [0.2, 0.25) is 0 Å². The van der Waals surface area contributed by atoms with E-state index in [1.807, 2.05) is 0 Å². The maximum absolute atomic E-state index is 13.4. The molecule has 0 unspecified atom stereocenters. The molecule has 0 spiro atoms. The number of aliphatic imine (C=N–C) groups is 1. The van der Waals surface area contributed by atoms with Crippen LogP contribution in [0.15, 0.2) is 47.5 Å². The number of aromatic hydroxyl groups is 1. The normalized spacial score (nSPS) is 10.8. The van der Waals surface area contributed by atoms with E-state index in [0.29, 0.717) is 11.3 Å². The molecular weight excluding hydrogens is 233 g/mol. The lowest BCUT2D eigenvalue weighted by Crippen LogP contribution is -1.87. The summed E-state index contributed by atoms with van der Waals surface area (Å²) in [7, 11) is 1.41. The molecule has 0 fully saturated rings. The first-order valence-corrected chi connectivity index (χ1v) is 5.36. The molecule has 0 aliphatic rings. The van der Waals surface area contributed by atoms with Gasteiger partial charge in [0.2, 0.25) is 0 Å². The lowest BCUT2D eigenvalue weighted by Gasteiger charge is -2.02. The van der Waals surface area contributed by atoms with Crippen molar-refractivity contribution in [2.24, 2.45) is 4.99 Å². The Labute approximate surface area is 104 Å². The Bertz CT molecular complexity index is 582. The first kappa shape index (κ1) is 12.1. The summed E-state index contributed by atoms with van der Waals surface area (Å²) in [6.45, 7) is 0. The molecule has 4 heteroatoms. The summed E-state index contributed by atoms with van der Waals surface area (Å²) in [5.74, 6) is -0.156. The predicted molar refractivity (Wildman–Crippen MR) is 68.3 cm³/mol. The highest BCUT2D eigenvalue weighted by Crippen LogP contribution is 2.23. The van der Waals surface area contributed by atoms with Crippen LogP contribution < -0.4 is 4.74 Å². The highest BCUT2D eigenvalue weighted by molar-refractivity contribution is 5.85. The largest absolute Gasteiger partial charge is 0.507 e. The van der Waals surface area contributed by atoms with Crippen LogP contribution in [0.5, 0.6) is 11.5 Å². The van der Waals surface area contributed by atoms with Gasteiger partial charge in [-0.25, -0.2) is 4.39 Å². The Morgan fingerprint density at radius 3 is 2.67 bits per heavy atom. The van der Waals surface area contributed by atoms with Gasteiger partial charge in [0, 0.05) is 17.8 Å². The molecule has 92 valence electrons. The number of para-hydroxylation sites is 1. The quantitative estimate of drug-likeness (QED) is 0.843. The van der Waals surface area contributed by atoms with Gasteiger partial charge in [-0.05, 0) is 24.3 Å². The molecule has 18 heavy (non-hydrogen) atoms. The number of phenols is 1. The van der Waals surface area contributed by atoms with Crippen molar-refractivity contribution in [3.05, 3.63) is 53.8 Å². The fraction of sp³-hybridized carbons (Fsp3) is 0.0714. The summed E-state index contributed by atoms with van der Waals surface area (Å²) in [4.78, 5) is 4.09. The van der Waals surface area contributed by atoms with Crippen LogP contribution in [0, 0.1) is 5.82 Å². The summed E-state index contributed by atoms with van der Waals surface area (Å²) in [6.07, 6.45) is 1.48. The zero-order valence-electron chi connectivity index (χ0n) is 9.80. The van der Waals surface area contributed by atoms with Crippen LogP contribution in [-0.4, -0.2) is 18.4 Å². The van der Waals surface area contributed by atoms with Gasteiger partial charge in [0.05, 0.1) is 12.8 Å². The second-order valence-corrected chi connectivity index (χ2v) is 3.64. The van der Waals surface area contributed by atoms with Gasteiger partial charge in [-0.1, -0.05) is 12.1 Å². The minimum atomic E-state index is -0.468. The van der Waals surface area contributed by atoms with Crippen molar-refractivity contribution in [1.29, 1.82) is 0 Å². The number of methoxy groups -OCH3 is 1. The smallest absolute Gasteiger partial charge is 0.167 e. The van der Waals surface area contributed by atoms with Gasteiger partial charge < -0.3 is 9.84 Å². The third-order valence-electron chi connectivity index (χ3n) is 2.42. The third kappa shape index (κ3) is 2.66. The molecule has 1 N–H and O–H groups in total. The molecule has 3 nitrogen and oxygen atoms in total. The zero-order chi connectivity index (χ0) is 13.0. The summed E-state index contributed by atoms with van der Waals surface area (Å²) in [6, 6.07) is 11.2. The van der Waals surface area contributed by atoms with Crippen molar-refractivity contribution in [3.63, 3.8) is 0 Å². The Hall–Kier alpha value is -2.36. The minimum absolute atomic E-state index is 0.134. The van der Waals surface area contributed by atoms with Crippen LogP contribution in [0.1, 0.15) is 5.56 Å². The van der Waals surface area contributed by atoms with E-state index in [-0.39, 0.29) is 11.5 Å². The Morgan fingerprint density at radius 2 is 2.00 bits per heavy atom. The van der Waals surface area contributed by atoms with E-state index in [9.17, 15) is 9.50 Å². The van der Waals surface area contributed by atoms with E-state index in [2.05, 4.69) is 4.99 Å². The molecule has 0 heterocycles. The third-order valence-corrected chi connectivity index (χ3v) is 2.42. The van der Waals surface area contributed by atoms with E-state index < -0.39 is 5.82 Å². The monoisotopic (exact) mass is 245 g/mol. The van der Waals surface area contributed by atoms with Crippen LogP contribution in [0.25, 0.3) is 0 Å². The standard InChI is InChI=1S/C14H12FNO2/c1-18-14-7-6-11(8-12(14)15)16-9-10-4-2-3-5-13(10)17/h2-9,17H,1H3. The maximum atomic E-state index is 13.4. The average Bonchev–Trinajstić information content (AvgIpc) is 2.38. The van der Waals surface area contributed by atoms with Crippen molar-refractivity contribution in [2.45, 2.75) is 0 Å². The summed E-state index contributed by atoms with van der Waals surface area (Å²) in [5, 5.41) is 9.54. The lowest BCUT2D eigenvalue weighted by molar-refractivity contribution is 0.386. The number of benzene rings is 2. The van der Waals surface area contributed by atoms with Crippen molar-refractivity contribution in [2.75, 3.05) is 7.11 Å². The van der Waals surface area contributed by atoms with Crippen LogP contribution in [0.4, 0.5) is 10.1 Å². The van der Waals surface area contributed by atoms with Gasteiger partial charge in [-0.2, -0.15) is 0 Å². The van der Waals surface area contributed by atoms with E-state index in [1.165, 1.54) is 25.5 Å². The fourth-order valence-electron chi connectivity index (χ4n) is 1.48. The lowest BCUT2D eigenvalue weighted by atomic mass is 10.2. The van der Waals surface area contributed by atoms with Crippen molar-refractivity contribution < 1.29 is 14.2 Å².